The van der Waals surface area contributed by atoms with Crippen LogP contribution >= 0.6 is 0 Å². The molecule has 1 heterocycles. The molecule has 6 heteroatoms. The number of para-hydroxylation sites is 1. The highest BCUT2D eigenvalue weighted by atomic mass is 16.4. The van der Waals surface area contributed by atoms with E-state index in [1.165, 1.54) is 0 Å². The minimum absolute atomic E-state index is 0.0623. The summed E-state index contributed by atoms with van der Waals surface area (Å²) in [5, 5.41) is 19.0. The quantitative estimate of drug-likeness (QED) is 0.752. The average Bonchev–Trinajstić information content (AvgIpc) is 2.83. The summed E-state index contributed by atoms with van der Waals surface area (Å²) in [5.41, 5.74) is 1.81. The van der Waals surface area contributed by atoms with E-state index in [-0.39, 0.29) is 12.5 Å². The molecule has 1 aromatic heterocycles. The van der Waals surface area contributed by atoms with Crippen molar-refractivity contribution in [3.05, 3.63) is 30.1 Å². The van der Waals surface area contributed by atoms with Crippen molar-refractivity contribution in [3.63, 3.8) is 0 Å². The smallest absolute Gasteiger partial charge is 0.303 e. The first kappa shape index (κ1) is 14.0. The molecule has 2 aromatic rings. The highest BCUT2D eigenvalue weighted by Gasteiger charge is 2.11. The monoisotopic (exact) mass is 274 g/mol. The number of hydrogen-bond donors (Lipinski definition) is 3. The molecule has 0 saturated heterocycles. The van der Waals surface area contributed by atoms with Crippen LogP contribution < -0.4 is 5.32 Å². The van der Waals surface area contributed by atoms with E-state index < -0.39 is 5.97 Å². The van der Waals surface area contributed by atoms with Crippen molar-refractivity contribution in [1.82, 2.24) is 15.2 Å². The van der Waals surface area contributed by atoms with Gasteiger partial charge in [0.2, 0.25) is 0 Å². The fraction of sp³-hybridized carbons (Fsp3) is 0.357. The number of aliphatic carboxylic acids is 1. The van der Waals surface area contributed by atoms with Gasteiger partial charge in [0.1, 0.15) is 5.82 Å². The van der Waals surface area contributed by atoms with Crippen molar-refractivity contribution < 1.29 is 9.90 Å². The van der Waals surface area contributed by atoms with Gasteiger partial charge in [0.05, 0.1) is 0 Å². The lowest BCUT2D eigenvalue weighted by molar-refractivity contribution is -0.137. The van der Waals surface area contributed by atoms with Gasteiger partial charge < -0.3 is 10.4 Å². The fourth-order valence-corrected chi connectivity index (χ4v) is 1.94. The fourth-order valence-electron chi connectivity index (χ4n) is 1.94. The highest BCUT2D eigenvalue weighted by molar-refractivity contribution is 5.73. The number of anilines is 1. The van der Waals surface area contributed by atoms with Gasteiger partial charge in [-0.15, -0.1) is 0 Å². The maximum absolute atomic E-state index is 10.6. The van der Waals surface area contributed by atoms with Crippen LogP contribution in [0.1, 0.15) is 25.6 Å². The number of aromatic amines is 1. The molecule has 0 spiro atoms. The molecule has 106 valence electrons. The Morgan fingerprint density at radius 3 is 2.85 bits per heavy atom. The second-order valence-corrected chi connectivity index (χ2v) is 4.77. The van der Waals surface area contributed by atoms with E-state index in [9.17, 15) is 4.79 Å². The molecule has 1 aromatic carbocycles. The zero-order chi connectivity index (χ0) is 14.5. The summed E-state index contributed by atoms with van der Waals surface area (Å²) in [7, 11) is 0. The van der Waals surface area contributed by atoms with Crippen molar-refractivity contribution in [3.8, 4) is 11.4 Å². The lowest BCUT2D eigenvalue weighted by Crippen LogP contribution is -2.17. The number of benzene rings is 1. The number of H-pyrrole nitrogens is 1. The molecule has 0 aliphatic rings. The van der Waals surface area contributed by atoms with Crippen molar-refractivity contribution in [2.45, 2.75) is 32.7 Å². The number of aromatic nitrogens is 3. The first-order valence-corrected chi connectivity index (χ1v) is 6.53. The van der Waals surface area contributed by atoms with Gasteiger partial charge in [-0.05, 0) is 32.4 Å². The predicted octanol–water partition coefficient (Wildman–Crippen LogP) is 2.45. The Morgan fingerprint density at radius 1 is 1.45 bits per heavy atom. The molecular weight excluding hydrogens is 256 g/mol. The Kier molecular flexibility index (Phi) is 4.34. The summed E-state index contributed by atoms with van der Waals surface area (Å²) < 4.78 is 0. The summed E-state index contributed by atoms with van der Waals surface area (Å²) in [6.45, 7) is 3.81. The Morgan fingerprint density at radius 2 is 2.20 bits per heavy atom. The van der Waals surface area contributed by atoms with Gasteiger partial charge in [0.15, 0.2) is 5.82 Å². The van der Waals surface area contributed by atoms with E-state index in [4.69, 9.17) is 5.11 Å². The Labute approximate surface area is 117 Å². The van der Waals surface area contributed by atoms with E-state index in [2.05, 4.69) is 20.5 Å². The van der Waals surface area contributed by atoms with Crippen LogP contribution in [0.3, 0.4) is 0 Å². The number of rotatable bonds is 6. The lowest BCUT2D eigenvalue weighted by Gasteiger charge is -2.16. The van der Waals surface area contributed by atoms with Crippen molar-refractivity contribution in [1.29, 1.82) is 0 Å². The molecule has 3 N–H and O–H groups in total. The van der Waals surface area contributed by atoms with E-state index in [1.807, 2.05) is 38.1 Å². The summed E-state index contributed by atoms with van der Waals surface area (Å²) in [6, 6.07) is 7.79. The van der Waals surface area contributed by atoms with Crippen LogP contribution in [0.25, 0.3) is 11.4 Å². The van der Waals surface area contributed by atoms with Crippen LogP contribution in [-0.4, -0.2) is 32.3 Å². The summed E-state index contributed by atoms with van der Waals surface area (Å²) >= 11 is 0. The summed E-state index contributed by atoms with van der Waals surface area (Å²) in [5.74, 6) is 0.612. The van der Waals surface area contributed by atoms with Crippen molar-refractivity contribution >= 4 is 11.7 Å². The average molecular weight is 274 g/mol. The van der Waals surface area contributed by atoms with Gasteiger partial charge >= 0.3 is 5.97 Å². The number of carboxylic acid groups (broad SMARTS) is 1. The molecular formula is C14H18N4O2. The van der Waals surface area contributed by atoms with Crippen LogP contribution in [0.2, 0.25) is 0 Å². The Hall–Kier alpha value is -2.37. The van der Waals surface area contributed by atoms with Gasteiger partial charge in [-0.1, -0.05) is 12.1 Å². The maximum atomic E-state index is 10.6. The van der Waals surface area contributed by atoms with Crippen LogP contribution in [0.5, 0.6) is 0 Å². The van der Waals surface area contributed by atoms with Gasteiger partial charge in [-0.3, -0.25) is 9.89 Å². The van der Waals surface area contributed by atoms with Gasteiger partial charge in [-0.2, -0.15) is 5.10 Å². The third-order valence-corrected chi connectivity index (χ3v) is 2.96. The van der Waals surface area contributed by atoms with Gasteiger partial charge in [0, 0.05) is 23.7 Å². The molecule has 0 fully saturated rings. The SMILES string of the molecule is Cc1nc(-c2ccccc2NC(C)CCC(=O)O)n[nH]1. The van der Waals surface area contributed by atoms with Crippen molar-refractivity contribution in [2.24, 2.45) is 0 Å². The van der Waals surface area contributed by atoms with E-state index in [0.29, 0.717) is 12.2 Å². The van der Waals surface area contributed by atoms with Crippen LogP contribution in [0, 0.1) is 6.92 Å². The zero-order valence-electron chi connectivity index (χ0n) is 11.6. The second-order valence-electron chi connectivity index (χ2n) is 4.77. The summed E-state index contributed by atoms with van der Waals surface area (Å²) in [4.78, 5) is 14.9. The third kappa shape index (κ3) is 3.57. The Balaban J connectivity index is 2.14. The normalized spacial score (nSPS) is 12.1. The second kappa shape index (κ2) is 6.18. The molecule has 0 bridgehead atoms. The molecule has 6 nitrogen and oxygen atoms in total. The van der Waals surface area contributed by atoms with Gasteiger partial charge in [-0.25, -0.2) is 4.98 Å². The molecule has 0 saturated carbocycles. The standard InChI is InChI=1S/C14H18N4O2/c1-9(7-8-13(19)20)15-12-6-4-3-5-11(12)14-16-10(2)17-18-14/h3-6,9,15H,7-8H2,1-2H3,(H,19,20)(H,16,17,18). The topological polar surface area (TPSA) is 90.9 Å². The molecule has 0 radical (unpaired) electrons. The van der Waals surface area contributed by atoms with Crippen molar-refractivity contribution in [2.75, 3.05) is 5.32 Å². The third-order valence-electron chi connectivity index (χ3n) is 2.96. The Bertz CT molecular complexity index is 594. The van der Waals surface area contributed by atoms with E-state index in [0.717, 1.165) is 17.1 Å². The van der Waals surface area contributed by atoms with Gasteiger partial charge in [0.25, 0.3) is 0 Å². The zero-order valence-corrected chi connectivity index (χ0v) is 11.6. The number of hydrogen-bond acceptors (Lipinski definition) is 4. The molecule has 0 amide bonds. The molecule has 2 rings (SSSR count). The predicted molar refractivity (Wildman–Crippen MR) is 76.5 cm³/mol. The molecule has 20 heavy (non-hydrogen) atoms. The number of carbonyl (C=O) groups is 1. The lowest BCUT2D eigenvalue weighted by atomic mass is 10.1. The first-order valence-electron chi connectivity index (χ1n) is 6.53. The molecule has 1 atom stereocenters. The first-order chi connectivity index (χ1) is 9.56. The largest absolute Gasteiger partial charge is 0.481 e. The number of aryl methyl sites for hydroxylation is 1. The highest BCUT2D eigenvalue weighted by Crippen LogP contribution is 2.25. The summed E-state index contributed by atoms with van der Waals surface area (Å²) in [6.07, 6.45) is 0.715. The van der Waals surface area contributed by atoms with Crippen LogP contribution in [-0.2, 0) is 4.79 Å². The molecule has 1 unspecified atom stereocenters. The minimum atomic E-state index is -0.781. The number of nitrogens with zero attached hydrogens (tertiary/aromatic N) is 2. The minimum Gasteiger partial charge on any atom is -0.481 e. The number of nitrogens with one attached hydrogen (secondary N) is 2. The maximum Gasteiger partial charge on any atom is 0.303 e. The van der Waals surface area contributed by atoms with Crippen LogP contribution in [0.4, 0.5) is 5.69 Å². The molecule has 0 aliphatic carbocycles. The van der Waals surface area contributed by atoms with E-state index in [1.54, 1.807) is 0 Å². The molecule has 0 aliphatic heterocycles. The van der Waals surface area contributed by atoms with Crippen LogP contribution in [0.15, 0.2) is 24.3 Å². The number of carboxylic acids is 1. The van der Waals surface area contributed by atoms with E-state index >= 15 is 0 Å².